The maximum absolute atomic E-state index is 12.3. The molecule has 0 saturated heterocycles. The van der Waals surface area contributed by atoms with Gasteiger partial charge in [0.15, 0.2) is 0 Å². The molecule has 2 rings (SSSR count). The lowest BCUT2D eigenvalue weighted by molar-refractivity contribution is -0.114. The Kier molecular flexibility index (Phi) is 3.66. The summed E-state index contributed by atoms with van der Waals surface area (Å²) < 4.78 is 0. The number of anilines is 3. The van der Waals surface area contributed by atoms with Crippen molar-refractivity contribution in [2.45, 2.75) is 6.92 Å². The molecule has 3 heteroatoms. The number of nitrogen functional groups attached to an aromatic ring is 1. The molecule has 96 valence electrons. The highest BCUT2D eigenvalue weighted by Gasteiger charge is 2.17. The maximum atomic E-state index is 12.3. The van der Waals surface area contributed by atoms with Gasteiger partial charge in [0.1, 0.15) is 0 Å². The number of carbonyl (C=O) groups excluding carboxylic acids is 1. The number of carbonyl (C=O) groups is 1. The molecule has 0 aliphatic carbocycles. The fraction of sp³-hybridized carbons (Fsp3) is 0.0625. The lowest BCUT2D eigenvalue weighted by atomic mass is 10.2. The average molecular weight is 252 g/mol. The summed E-state index contributed by atoms with van der Waals surface area (Å²) in [4.78, 5) is 14.0. The van der Waals surface area contributed by atoms with E-state index in [4.69, 9.17) is 5.73 Å². The number of para-hydroxylation sites is 1. The molecule has 0 unspecified atom stereocenters. The van der Waals surface area contributed by atoms with Crippen molar-refractivity contribution in [2.24, 2.45) is 0 Å². The second-order valence-electron chi connectivity index (χ2n) is 4.35. The van der Waals surface area contributed by atoms with Gasteiger partial charge in [-0.1, -0.05) is 24.8 Å². The van der Waals surface area contributed by atoms with E-state index in [1.165, 1.54) is 0 Å². The largest absolute Gasteiger partial charge is 0.399 e. The van der Waals surface area contributed by atoms with Gasteiger partial charge in [-0.25, -0.2) is 0 Å². The van der Waals surface area contributed by atoms with Crippen molar-refractivity contribution in [3.8, 4) is 0 Å². The average Bonchev–Trinajstić information content (AvgIpc) is 2.42. The Hall–Kier alpha value is -2.55. The molecule has 2 aromatic rings. The number of hydrogen-bond donors (Lipinski definition) is 1. The van der Waals surface area contributed by atoms with Gasteiger partial charge in [-0.05, 0) is 43.3 Å². The van der Waals surface area contributed by atoms with Crippen LogP contribution in [0.15, 0.2) is 66.7 Å². The Balaban J connectivity index is 2.49. The van der Waals surface area contributed by atoms with Crippen molar-refractivity contribution in [2.75, 3.05) is 10.6 Å². The molecule has 3 nitrogen and oxygen atoms in total. The monoisotopic (exact) mass is 252 g/mol. The number of rotatable bonds is 3. The molecule has 0 radical (unpaired) electrons. The number of hydrogen-bond acceptors (Lipinski definition) is 2. The highest BCUT2D eigenvalue weighted by atomic mass is 16.2. The Morgan fingerprint density at radius 1 is 1.00 bits per heavy atom. The van der Waals surface area contributed by atoms with E-state index in [9.17, 15) is 4.79 Å². The van der Waals surface area contributed by atoms with Crippen molar-refractivity contribution in [1.29, 1.82) is 0 Å². The summed E-state index contributed by atoms with van der Waals surface area (Å²) in [6.07, 6.45) is 0. The van der Waals surface area contributed by atoms with Crippen molar-refractivity contribution < 1.29 is 4.79 Å². The van der Waals surface area contributed by atoms with Crippen LogP contribution in [0.25, 0.3) is 0 Å². The second kappa shape index (κ2) is 5.40. The van der Waals surface area contributed by atoms with Gasteiger partial charge in [0.2, 0.25) is 0 Å². The Morgan fingerprint density at radius 2 is 1.53 bits per heavy atom. The van der Waals surface area contributed by atoms with Gasteiger partial charge < -0.3 is 5.73 Å². The van der Waals surface area contributed by atoms with Crippen molar-refractivity contribution >= 4 is 23.0 Å². The fourth-order valence-corrected chi connectivity index (χ4v) is 1.77. The van der Waals surface area contributed by atoms with E-state index in [2.05, 4.69) is 6.58 Å². The minimum Gasteiger partial charge on any atom is -0.399 e. The van der Waals surface area contributed by atoms with Crippen LogP contribution in [-0.4, -0.2) is 5.91 Å². The molecule has 0 heterocycles. The molecule has 2 aromatic carbocycles. The predicted molar refractivity (Wildman–Crippen MR) is 79.3 cm³/mol. The summed E-state index contributed by atoms with van der Waals surface area (Å²) in [7, 11) is 0. The highest BCUT2D eigenvalue weighted by molar-refractivity contribution is 6.09. The summed E-state index contributed by atoms with van der Waals surface area (Å²) in [5.41, 5.74) is 8.41. The van der Waals surface area contributed by atoms with Gasteiger partial charge in [-0.3, -0.25) is 9.69 Å². The lowest BCUT2D eigenvalue weighted by Gasteiger charge is -2.23. The summed E-state index contributed by atoms with van der Waals surface area (Å²) in [6, 6.07) is 16.7. The minimum atomic E-state index is -0.129. The molecule has 1 amide bonds. The first kappa shape index (κ1) is 12.9. The van der Waals surface area contributed by atoms with Crippen LogP contribution in [0.5, 0.6) is 0 Å². The topological polar surface area (TPSA) is 46.3 Å². The van der Waals surface area contributed by atoms with E-state index in [0.29, 0.717) is 11.3 Å². The Labute approximate surface area is 113 Å². The SMILES string of the molecule is C=C(C)C(=O)N(c1ccccc1)c1ccc(N)cc1. The van der Waals surface area contributed by atoms with Crippen LogP contribution in [-0.2, 0) is 4.79 Å². The van der Waals surface area contributed by atoms with Crippen LogP contribution in [0.1, 0.15) is 6.92 Å². The third-order valence-corrected chi connectivity index (χ3v) is 2.73. The summed E-state index contributed by atoms with van der Waals surface area (Å²) in [5, 5.41) is 0. The van der Waals surface area contributed by atoms with Crippen LogP contribution < -0.4 is 10.6 Å². The Morgan fingerprint density at radius 3 is 2.05 bits per heavy atom. The Bertz CT molecular complexity index is 588. The van der Waals surface area contributed by atoms with Gasteiger partial charge >= 0.3 is 0 Å². The number of nitrogens with two attached hydrogens (primary N) is 1. The number of amides is 1. The molecule has 0 aromatic heterocycles. The smallest absolute Gasteiger partial charge is 0.257 e. The fourth-order valence-electron chi connectivity index (χ4n) is 1.77. The molecule has 0 aliphatic rings. The van der Waals surface area contributed by atoms with Crippen LogP contribution >= 0.6 is 0 Å². The molecule has 0 saturated carbocycles. The standard InChI is InChI=1S/C16H16N2O/c1-12(2)16(19)18(14-6-4-3-5-7-14)15-10-8-13(17)9-11-15/h3-11H,1,17H2,2H3. The molecule has 0 bridgehead atoms. The highest BCUT2D eigenvalue weighted by Crippen LogP contribution is 2.27. The molecule has 0 atom stereocenters. The van der Waals surface area contributed by atoms with E-state index < -0.39 is 0 Å². The summed E-state index contributed by atoms with van der Waals surface area (Å²) in [5.74, 6) is -0.129. The molecule has 0 fully saturated rings. The third kappa shape index (κ3) is 2.83. The van der Waals surface area contributed by atoms with Gasteiger partial charge in [0, 0.05) is 22.6 Å². The molecule has 19 heavy (non-hydrogen) atoms. The first-order chi connectivity index (χ1) is 9.09. The molecule has 2 N–H and O–H groups in total. The quantitative estimate of drug-likeness (QED) is 0.671. The van der Waals surface area contributed by atoms with Gasteiger partial charge in [-0.15, -0.1) is 0 Å². The minimum absolute atomic E-state index is 0.129. The van der Waals surface area contributed by atoms with Crippen LogP contribution in [0, 0.1) is 0 Å². The second-order valence-corrected chi connectivity index (χ2v) is 4.35. The van der Waals surface area contributed by atoms with Gasteiger partial charge in [0.05, 0.1) is 0 Å². The normalized spacial score (nSPS) is 9.95. The first-order valence-corrected chi connectivity index (χ1v) is 6.00. The van der Waals surface area contributed by atoms with Crippen molar-refractivity contribution in [3.63, 3.8) is 0 Å². The van der Waals surface area contributed by atoms with Gasteiger partial charge in [0.25, 0.3) is 5.91 Å². The van der Waals surface area contributed by atoms with Crippen molar-refractivity contribution in [3.05, 3.63) is 66.7 Å². The van der Waals surface area contributed by atoms with E-state index in [0.717, 1.165) is 11.4 Å². The molecular formula is C16H16N2O. The molecular weight excluding hydrogens is 236 g/mol. The zero-order chi connectivity index (χ0) is 13.8. The maximum Gasteiger partial charge on any atom is 0.257 e. The zero-order valence-electron chi connectivity index (χ0n) is 10.8. The number of nitrogens with zero attached hydrogens (tertiary/aromatic N) is 1. The van der Waals surface area contributed by atoms with E-state index in [1.807, 2.05) is 42.5 Å². The van der Waals surface area contributed by atoms with Crippen LogP contribution in [0.3, 0.4) is 0 Å². The van der Waals surface area contributed by atoms with Crippen molar-refractivity contribution in [1.82, 2.24) is 0 Å². The first-order valence-electron chi connectivity index (χ1n) is 6.00. The van der Waals surface area contributed by atoms with Crippen LogP contribution in [0.4, 0.5) is 17.1 Å². The summed E-state index contributed by atoms with van der Waals surface area (Å²) >= 11 is 0. The van der Waals surface area contributed by atoms with Crippen LogP contribution in [0.2, 0.25) is 0 Å². The third-order valence-electron chi connectivity index (χ3n) is 2.73. The van der Waals surface area contributed by atoms with E-state index in [-0.39, 0.29) is 5.91 Å². The summed E-state index contributed by atoms with van der Waals surface area (Å²) in [6.45, 7) is 5.43. The van der Waals surface area contributed by atoms with E-state index >= 15 is 0 Å². The lowest BCUT2D eigenvalue weighted by Crippen LogP contribution is -2.26. The molecule has 0 aliphatic heterocycles. The number of benzene rings is 2. The zero-order valence-corrected chi connectivity index (χ0v) is 10.8. The molecule has 0 spiro atoms. The van der Waals surface area contributed by atoms with E-state index in [1.54, 1.807) is 24.0 Å². The van der Waals surface area contributed by atoms with Gasteiger partial charge in [-0.2, -0.15) is 0 Å². The predicted octanol–water partition coefficient (Wildman–Crippen LogP) is 3.51.